The van der Waals surface area contributed by atoms with E-state index in [2.05, 4.69) is 10.3 Å². The summed E-state index contributed by atoms with van der Waals surface area (Å²) in [4.78, 5) is 27.1. The highest BCUT2D eigenvalue weighted by molar-refractivity contribution is 6.05. The highest BCUT2D eigenvalue weighted by atomic mass is 16.6. The van der Waals surface area contributed by atoms with Gasteiger partial charge in [-0.05, 0) is 30.7 Å². The summed E-state index contributed by atoms with van der Waals surface area (Å²) in [6, 6.07) is 11.7. The first-order valence-electron chi connectivity index (χ1n) is 7.20. The fourth-order valence-corrected chi connectivity index (χ4v) is 2.34. The number of imidazole rings is 1. The Morgan fingerprint density at radius 1 is 1.25 bits per heavy atom. The average Bonchev–Trinajstić information content (AvgIpc) is 3.10. The monoisotopic (exact) mass is 322 g/mol. The van der Waals surface area contributed by atoms with Crippen LogP contribution in [0.5, 0.6) is 0 Å². The van der Waals surface area contributed by atoms with Gasteiger partial charge in [-0.2, -0.15) is 0 Å². The number of nitro benzene ring substituents is 1. The molecule has 0 fully saturated rings. The minimum atomic E-state index is -0.514. The molecule has 0 radical (unpaired) electrons. The summed E-state index contributed by atoms with van der Waals surface area (Å²) in [5.74, 6) is -0.399. The van der Waals surface area contributed by atoms with Gasteiger partial charge in [0.15, 0.2) is 0 Å². The predicted octanol–water partition coefficient (Wildman–Crippen LogP) is 3.34. The van der Waals surface area contributed by atoms with Gasteiger partial charge in [0, 0.05) is 29.7 Å². The number of nitro groups is 1. The number of carbonyl (C=O) groups excluding carboxylic acids is 1. The third-order valence-corrected chi connectivity index (χ3v) is 3.61. The van der Waals surface area contributed by atoms with Crippen LogP contribution in [0.25, 0.3) is 5.69 Å². The molecule has 0 aliphatic heterocycles. The van der Waals surface area contributed by atoms with E-state index in [4.69, 9.17) is 0 Å². The summed E-state index contributed by atoms with van der Waals surface area (Å²) >= 11 is 0. The van der Waals surface area contributed by atoms with Gasteiger partial charge in [-0.15, -0.1) is 0 Å². The number of aryl methyl sites for hydroxylation is 1. The summed E-state index contributed by atoms with van der Waals surface area (Å²) in [6.07, 6.45) is 4.60. The Kier molecular flexibility index (Phi) is 4.07. The van der Waals surface area contributed by atoms with Gasteiger partial charge in [0.05, 0.1) is 11.3 Å². The second kappa shape index (κ2) is 6.33. The Bertz CT molecular complexity index is 904. The fourth-order valence-electron chi connectivity index (χ4n) is 2.34. The zero-order valence-corrected chi connectivity index (χ0v) is 12.8. The van der Waals surface area contributed by atoms with E-state index >= 15 is 0 Å². The molecular formula is C17H14N4O3. The molecule has 1 heterocycles. The molecule has 0 spiro atoms. The van der Waals surface area contributed by atoms with Crippen molar-refractivity contribution in [2.45, 2.75) is 6.92 Å². The molecule has 0 unspecified atom stereocenters. The Hall–Kier alpha value is -3.48. The number of hydrogen-bond acceptors (Lipinski definition) is 4. The molecule has 0 aliphatic carbocycles. The van der Waals surface area contributed by atoms with Gasteiger partial charge in [-0.25, -0.2) is 4.98 Å². The highest BCUT2D eigenvalue weighted by Gasteiger charge is 2.19. The van der Waals surface area contributed by atoms with Crippen molar-refractivity contribution in [2.24, 2.45) is 0 Å². The van der Waals surface area contributed by atoms with E-state index in [9.17, 15) is 14.9 Å². The molecule has 0 saturated carbocycles. The lowest BCUT2D eigenvalue weighted by atomic mass is 10.1. The smallest absolute Gasteiger partial charge is 0.294 e. The molecule has 2 aromatic carbocycles. The van der Waals surface area contributed by atoms with Crippen LogP contribution in [0.1, 0.15) is 15.9 Å². The molecule has 1 N–H and O–H groups in total. The maximum atomic E-state index is 12.4. The summed E-state index contributed by atoms with van der Waals surface area (Å²) in [6.45, 7) is 1.88. The predicted molar refractivity (Wildman–Crippen MR) is 89.4 cm³/mol. The number of rotatable bonds is 4. The third kappa shape index (κ3) is 3.00. The second-order valence-corrected chi connectivity index (χ2v) is 5.20. The van der Waals surface area contributed by atoms with Crippen LogP contribution in [0.15, 0.2) is 61.2 Å². The van der Waals surface area contributed by atoms with Crippen LogP contribution in [0.4, 0.5) is 11.4 Å². The van der Waals surface area contributed by atoms with Crippen molar-refractivity contribution >= 4 is 17.3 Å². The van der Waals surface area contributed by atoms with Crippen molar-refractivity contribution in [1.29, 1.82) is 0 Å². The summed E-state index contributed by atoms with van der Waals surface area (Å²) < 4.78 is 1.53. The topological polar surface area (TPSA) is 90.1 Å². The number of hydrogen-bond donors (Lipinski definition) is 1. The van der Waals surface area contributed by atoms with E-state index < -0.39 is 10.8 Å². The SMILES string of the molecule is Cc1ccccc1NC(=O)c1ccc(-n2ccnc2)c([N+](=O)[O-])c1. The number of amides is 1. The van der Waals surface area contributed by atoms with Gasteiger partial charge in [-0.1, -0.05) is 18.2 Å². The molecule has 0 aliphatic rings. The summed E-state index contributed by atoms with van der Waals surface area (Å²) in [7, 11) is 0. The van der Waals surface area contributed by atoms with E-state index in [1.54, 1.807) is 18.3 Å². The van der Waals surface area contributed by atoms with Crippen molar-refractivity contribution in [3.8, 4) is 5.69 Å². The molecule has 3 aromatic rings. The lowest BCUT2D eigenvalue weighted by Gasteiger charge is -2.09. The molecule has 0 bridgehead atoms. The maximum absolute atomic E-state index is 12.4. The van der Waals surface area contributed by atoms with Crippen LogP contribution in [-0.4, -0.2) is 20.4 Å². The minimum Gasteiger partial charge on any atom is -0.322 e. The van der Waals surface area contributed by atoms with Crippen LogP contribution in [0, 0.1) is 17.0 Å². The minimum absolute atomic E-state index is 0.162. The first kappa shape index (κ1) is 15.4. The van der Waals surface area contributed by atoms with Crippen LogP contribution in [0.2, 0.25) is 0 Å². The van der Waals surface area contributed by atoms with Gasteiger partial charge in [-0.3, -0.25) is 14.9 Å². The zero-order chi connectivity index (χ0) is 17.1. The van der Waals surface area contributed by atoms with E-state index in [-0.39, 0.29) is 11.3 Å². The van der Waals surface area contributed by atoms with Gasteiger partial charge in [0.25, 0.3) is 11.6 Å². The van der Waals surface area contributed by atoms with Crippen molar-refractivity contribution in [2.75, 3.05) is 5.32 Å². The lowest BCUT2D eigenvalue weighted by Crippen LogP contribution is -2.13. The molecule has 0 atom stereocenters. The van der Waals surface area contributed by atoms with Crippen LogP contribution in [-0.2, 0) is 0 Å². The molecular weight excluding hydrogens is 308 g/mol. The van der Waals surface area contributed by atoms with E-state index in [1.165, 1.54) is 29.2 Å². The number of aromatic nitrogens is 2. The fraction of sp³-hybridized carbons (Fsp3) is 0.0588. The number of nitrogens with one attached hydrogen (secondary N) is 1. The first-order valence-corrected chi connectivity index (χ1v) is 7.20. The maximum Gasteiger partial charge on any atom is 0.294 e. The molecule has 1 amide bonds. The Morgan fingerprint density at radius 3 is 2.71 bits per heavy atom. The molecule has 7 nitrogen and oxygen atoms in total. The van der Waals surface area contributed by atoms with E-state index in [0.29, 0.717) is 11.4 Å². The third-order valence-electron chi connectivity index (χ3n) is 3.61. The summed E-state index contributed by atoms with van der Waals surface area (Å²) in [5, 5.41) is 14.1. The van der Waals surface area contributed by atoms with Crippen LogP contribution in [0.3, 0.4) is 0 Å². The second-order valence-electron chi connectivity index (χ2n) is 5.20. The van der Waals surface area contributed by atoms with Crippen molar-refractivity contribution in [3.63, 3.8) is 0 Å². The molecule has 24 heavy (non-hydrogen) atoms. The van der Waals surface area contributed by atoms with E-state index in [1.807, 2.05) is 25.1 Å². The normalized spacial score (nSPS) is 10.4. The first-order chi connectivity index (χ1) is 11.6. The van der Waals surface area contributed by atoms with Gasteiger partial charge in [0.1, 0.15) is 5.69 Å². The van der Waals surface area contributed by atoms with Gasteiger partial charge < -0.3 is 9.88 Å². The molecule has 1 aromatic heterocycles. The summed E-state index contributed by atoms with van der Waals surface area (Å²) in [5.41, 5.74) is 1.99. The number of anilines is 1. The number of carbonyl (C=O) groups is 1. The average molecular weight is 322 g/mol. The molecule has 120 valence electrons. The van der Waals surface area contributed by atoms with Crippen molar-refractivity contribution < 1.29 is 9.72 Å². The van der Waals surface area contributed by atoms with E-state index in [0.717, 1.165) is 5.56 Å². The Balaban J connectivity index is 1.94. The standard InChI is InChI=1S/C17H14N4O3/c1-12-4-2-3-5-14(12)19-17(22)13-6-7-15(16(10-13)21(23)24)20-9-8-18-11-20/h2-11H,1H3,(H,19,22). The number of benzene rings is 2. The number of para-hydroxylation sites is 1. The van der Waals surface area contributed by atoms with Gasteiger partial charge >= 0.3 is 0 Å². The molecule has 3 rings (SSSR count). The van der Waals surface area contributed by atoms with Gasteiger partial charge in [0.2, 0.25) is 0 Å². The quantitative estimate of drug-likeness (QED) is 0.589. The molecule has 0 saturated heterocycles. The van der Waals surface area contributed by atoms with Crippen molar-refractivity contribution in [1.82, 2.24) is 9.55 Å². The zero-order valence-electron chi connectivity index (χ0n) is 12.8. The highest BCUT2D eigenvalue weighted by Crippen LogP contribution is 2.25. The number of nitrogens with zero attached hydrogens (tertiary/aromatic N) is 3. The van der Waals surface area contributed by atoms with Crippen molar-refractivity contribution in [3.05, 3.63) is 82.4 Å². The Labute approximate surface area is 137 Å². The van der Waals surface area contributed by atoms with Crippen LogP contribution < -0.4 is 5.32 Å². The Morgan fingerprint density at radius 2 is 2.04 bits per heavy atom. The molecule has 7 heteroatoms. The largest absolute Gasteiger partial charge is 0.322 e. The van der Waals surface area contributed by atoms with Crippen LogP contribution >= 0.6 is 0 Å². The lowest BCUT2D eigenvalue weighted by molar-refractivity contribution is -0.384.